The Bertz CT molecular complexity index is 1350. The Morgan fingerprint density at radius 3 is 2.40 bits per heavy atom. The molecule has 2 N–H and O–H groups in total. The van der Waals surface area contributed by atoms with Gasteiger partial charge in [-0.05, 0) is 61.4 Å². The van der Waals surface area contributed by atoms with Gasteiger partial charge in [-0.25, -0.2) is 4.39 Å². The van der Waals surface area contributed by atoms with Gasteiger partial charge < -0.3 is 10.6 Å². The van der Waals surface area contributed by atoms with Crippen LogP contribution in [0.25, 0.3) is 17.1 Å². The second-order valence-electron chi connectivity index (χ2n) is 8.11. The topological polar surface area (TPSA) is 88.9 Å². The molecule has 9 heteroatoms. The minimum atomic E-state index is -0.336. The Labute approximate surface area is 205 Å². The van der Waals surface area contributed by atoms with Crippen LogP contribution in [0.4, 0.5) is 10.1 Å². The first-order valence-corrected chi connectivity index (χ1v) is 12.2. The smallest absolute Gasteiger partial charge is 0.253 e. The summed E-state index contributed by atoms with van der Waals surface area (Å²) in [5.74, 6) is -0.193. The van der Waals surface area contributed by atoms with Crippen LogP contribution in [-0.2, 0) is 4.79 Å². The molecule has 0 unspecified atom stereocenters. The van der Waals surface area contributed by atoms with Crippen LogP contribution in [0.2, 0.25) is 0 Å². The first-order chi connectivity index (χ1) is 17.1. The number of amides is 2. The first-order valence-electron chi connectivity index (χ1n) is 11.2. The number of benzene rings is 3. The molecule has 3 aromatic carbocycles. The molecule has 1 aliphatic carbocycles. The number of anilines is 1. The molecule has 0 aliphatic heterocycles. The van der Waals surface area contributed by atoms with Gasteiger partial charge in [-0.1, -0.05) is 42.1 Å². The van der Waals surface area contributed by atoms with Gasteiger partial charge in [0.2, 0.25) is 5.91 Å². The van der Waals surface area contributed by atoms with E-state index in [1.54, 1.807) is 36.4 Å². The van der Waals surface area contributed by atoms with E-state index in [4.69, 9.17) is 0 Å². The average Bonchev–Trinajstić information content (AvgIpc) is 3.59. The number of aromatic nitrogens is 3. The molecule has 7 nitrogen and oxygen atoms in total. The molecule has 176 valence electrons. The van der Waals surface area contributed by atoms with Crippen LogP contribution in [0, 0.1) is 5.82 Å². The lowest BCUT2D eigenvalue weighted by Crippen LogP contribution is -2.27. The predicted molar refractivity (Wildman–Crippen MR) is 133 cm³/mol. The minimum Gasteiger partial charge on any atom is -0.349 e. The highest BCUT2D eigenvalue weighted by atomic mass is 32.2. The summed E-state index contributed by atoms with van der Waals surface area (Å²) in [5, 5.41) is 14.9. The van der Waals surface area contributed by atoms with Crippen molar-refractivity contribution < 1.29 is 14.0 Å². The molecule has 1 aliphatic rings. The number of halogens is 1. The second kappa shape index (κ2) is 10.1. The van der Waals surface area contributed by atoms with E-state index in [0.29, 0.717) is 27.8 Å². The maximum Gasteiger partial charge on any atom is 0.253 e. The Morgan fingerprint density at radius 2 is 1.66 bits per heavy atom. The molecule has 35 heavy (non-hydrogen) atoms. The van der Waals surface area contributed by atoms with Gasteiger partial charge >= 0.3 is 0 Å². The van der Waals surface area contributed by atoms with Crippen molar-refractivity contribution in [1.29, 1.82) is 0 Å². The minimum absolute atomic E-state index is 0.0625. The molecule has 0 saturated heterocycles. The fourth-order valence-electron chi connectivity index (χ4n) is 3.56. The van der Waals surface area contributed by atoms with Crippen LogP contribution < -0.4 is 10.6 Å². The van der Waals surface area contributed by atoms with Gasteiger partial charge in [0.15, 0.2) is 11.0 Å². The van der Waals surface area contributed by atoms with Gasteiger partial charge in [0, 0.05) is 17.3 Å². The fraction of sp³-hybridized carbons (Fsp3) is 0.154. The lowest BCUT2D eigenvalue weighted by atomic mass is 10.1. The van der Waals surface area contributed by atoms with Gasteiger partial charge in [0.05, 0.1) is 17.0 Å². The molecule has 0 bridgehead atoms. The summed E-state index contributed by atoms with van der Waals surface area (Å²) in [4.78, 5) is 25.3. The molecule has 2 amide bonds. The summed E-state index contributed by atoms with van der Waals surface area (Å²) in [7, 11) is 0. The fourth-order valence-corrected chi connectivity index (χ4v) is 4.31. The SMILES string of the molecule is O=C(CSc1nnc(-c2ccc(F)cc2)n1-c1ccccc1)Nc1ccccc1C(=O)NC1CC1. The second-order valence-corrected chi connectivity index (χ2v) is 9.06. The summed E-state index contributed by atoms with van der Waals surface area (Å²) in [5.41, 5.74) is 2.42. The quantitative estimate of drug-likeness (QED) is 0.352. The lowest BCUT2D eigenvalue weighted by Gasteiger charge is -2.12. The number of rotatable bonds is 8. The van der Waals surface area contributed by atoms with E-state index in [1.807, 2.05) is 34.9 Å². The molecule has 4 aromatic rings. The monoisotopic (exact) mass is 487 g/mol. The van der Waals surface area contributed by atoms with Crippen LogP contribution in [0.5, 0.6) is 0 Å². The van der Waals surface area contributed by atoms with E-state index in [1.165, 1.54) is 23.9 Å². The number of carbonyl (C=O) groups is 2. The molecule has 0 atom stereocenters. The zero-order valence-electron chi connectivity index (χ0n) is 18.6. The van der Waals surface area contributed by atoms with E-state index in [2.05, 4.69) is 20.8 Å². The van der Waals surface area contributed by atoms with Crippen molar-refractivity contribution in [2.24, 2.45) is 0 Å². The van der Waals surface area contributed by atoms with Gasteiger partial charge in [0.25, 0.3) is 5.91 Å². The molecular formula is C26H22FN5O2S. The van der Waals surface area contributed by atoms with Crippen LogP contribution >= 0.6 is 11.8 Å². The highest BCUT2D eigenvalue weighted by Gasteiger charge is 2.25. The van der Waals surface area contributed by atoms with Crippen molar-refractivity contribution in [2.75, 3.05) is 11.1 Å². The van der Waals surface area contributed by atoms with Gasteiger partial charge in [0.1, 0.15) is 5.82 Å². The maximum absolute atomic E-state index is 13.4. The zero-order chi connectivity index (χ0) is 24.2. The van der Waals surface area contributed by atoms with Crippen molar-refractivity contribution >= 4 is 29.3 Å². The highest BCUT2D eigenvalue weighted by Crippen LogP contribution is 2.28. The van der Waals surface area contributed by atoms with Crippen LogP contribution in [0.3, 0.4) is 0 Å². The van der Waals surface area contributed by atoms with Crippen molar-refractivity contribution in [3.8, 4) is 17.1 Å². The number of hydrogen-bond donors (Lipinski definition) is 2. The molecule has 0 radical (unpaired) electrons. The standard InChI is InChI=1S/C26H22FN5O2S/c27-18-12-10-17(11-13-18)24-30-31-26(32(24)20-6-2-1-3-7-20)35-16-23(33)29-22-9-5-4-8-21(22)25(34)28-19-14-15-19/h1-13,19H,14-16H2,(H,28,34)(H,29,33). The predicted octanol–water partition coefficient (Wildman–Crippen LogP) is 4.70. The Balaban J connectivity index is 1.34. The van der Waals surface area contributed by atoms with Gasteiger partial charge in [-0.3, -0.25) is 14.2 Å². The van der Waals surface area contributed by atoms with Crippen LogP contribution in [0.1, 0.15) is 23.2 Å². The normalized spacial score (nSPS) is 12.8. The third-order valence-corrected chi connectivity index (χ3v) is 6.37. The van der Waals surface area contributed by atoms with E-state index < -0.39 is 0 Å². The van der Waals surface area contributed by atoms with Crippen molar-refractivity contribution in [3.63, 3.8) is 0 Å². The van der Waals surface area contributed by atoms with Crippen molar-refractivity contribution in [3.05, 3.63) is 90.2 Å². The largest absolute Gasteiger partial charge is 0.349 e. The Morgan fingerprint density at radius 1 is 0.943 bits per heavy atom. The van der Waals surface area contributed by atoms with E-state index in [9.17, 15) is 14.0 Å². The Kier molecular flexibility index (Phi) is 6.58. The first kappa shape index (κ1) is 22.8. The summed E-state index contributed by atoms with van der Waals surface area (Å²) >= 11 is 1.23. The molecule has 1 fully saturated rings. The third kappa shape index (κ3) is 5.41. The van der Waals surface area contributed by atoms with Crippen molar-refractivity contribution in [2.45, 2.75) is 24.0 Å². The molecule has 1 aromatic heterocycles. The Hall–Kier alpha value is -3.98. The number of carbonyl (C=O) groups excluding carboxylic acids is 2. The number of nitrogens with zero attached hydrogens (tertiary/aromatic N) is 3. The lowest BCUT2D eigenvalue weighted by molar-refractivity contribution is -0.113. The maximum atomic E-state index is 13.4. The van der Waals surface area contributed by atoms with E-state index in [-0.39, 0.29) is 29.4 Å². The van der Waals surface area contributed by atoms with Gasteiger partial charge in [-0.15, -0.1) is 10.2 Å². The summed E-state index contributed by atoms with van der Waals surface area (Å²) in [6, 6.07) is 22.7. The van der Waals surface area contributed by atoms with Gasteiger partial charge in [-0.2, -0.15) is 0 Å². The number of hydrogen-bond acceptors (Lipinski definition) is 5. The summed E-state index contributed by atoms with van der Waals surface area (Å²) in [6.45, 7) is 0. The number of para-hydroxylation sites is 2. The molecule has 1 heterocycles. The van der Waals surface area contributed by atoms with Crippen LogP contribution in [0.15, 0.2) is 84.0 Å². The summed E-state index contributed by atoms with van der Waals surface area (Å²) < 4.78 is 15.3. The summed E-state index contributed by atoms with van der Waals surface area (Å²) in [6.07, 6.45) is 1.97. The van der Waals surface area contributed by atoms with Crippen LogP contribution in [-0.4, -0.2) is 38.4 Å². The molecule has 1 saturated carbocycles. The van der Waals surface area contributed by atoms with E-state index in [0.717, 1.165) is 18.5 Å². The average molecular weight is 488 g/mol. The number of nitrogens with one attached hydrogen (secondary N) is 2. The zero-order valence-corrected chi connectivity index (χ0v) is 19.5. The molecule has 0 spiro atoms. The molecule has 5 rings (SSSR count). The highest BCUT2D eigenvalue weighted by molar-refractivity contribution is 7.99. The van der Waals surface area contributed by atoms with Crippen molar-refractivity contribution in [1.82, 2.24) is 20.1 Å². The van der Waals surface area contributed by atoms with E-state index >= 15 is 0 Å². The number of thioether (sulfide) groups is 1. The molecular weight excluding hydrogens is 465 g/mol. The third-order valence-electron chi connectivity index (χ3n) is 5.44.